The third kappa shape index (κ3) is 2.49. The molecule has 1 aliphatic heterocycles. The van der Waals surface area contributed by atoms with E-state index in [-0.39, 0.29) is 12.7 Å². The van der Waals surface area contributed by atoms with Gasteiger partial charge in [0.2, 0.25) is 0 Å². The average Bonchev–Trinajstić information content (AvgIpc) is 2.37. The fraction of sp³-hybridized carbons (Fsp3) is 0.571. The van der Waals surface area contributed by atoms with Crippen LogP contribution in [0.4, 0.5) is 4.79 Å². The number of carbonyl (C=O) groups excluding carboxylic acids is 1. The molecule has 0 aromatic carbocycles. The molecule has 0 aliphatic carbocycles. The first kappa shape index (κ1) is 7.91. The average molecular weight is 158 g/mol. The van der Waals surface area contributed by atoms with Gasteiger partial charge in [-0.2, -0.15) is 0 Å². The van der Waals surface area contributed by atoms with Crippen LogP contribution in [-0.2, 0) is 14.2 Å². The van der Waals surface area contributed by atoms with E-state index in [1.54, 1.807) is 12.3 Å². The Morgan fingerprint density at radius 1 is 1.82 bits per heavy atom. The number of allylic oxidation sites excluding steroid dienone is 1. The van der Waals surface area contributed by atoms with E-state index in [1.165, 1.54) is 0 Å². The van der Waals surface area contributed by atoms with Crippen LogP contribution >= 0.6 is 0 Å². The maximum atomic E-state index is 10.4. The molecule has 0 aromatic heterocycles. The predicted molar refractivity (Wildman–Crippen MR) is 37.0 cm³/mol. The molecule has 1 rings (SSSR count). The molecule has 0 amide bonds. The van der Waals surface area contributed by atoms with Gasteiger partial charge in [-0.15, -0.1) is 0 Å². The highest BCUT2D eigenvalue weighted by Crippen LogP contribution is 2.05. The highest BCUT2D eigenvalue weighted by molar-refractivity contribution is 5.61. The van der Waals surface area contributed by atoms with Crippen LogP contribution in [0.1, 0.15) is 6.92 Å². The molecule has 1 saturated heterocycles. The fourth-order valence-corrected chi connectivity index (χ4v) is 0.706. The summed E-state index contributed by atoms with van der Waals surface area (Å²) in [4.78, 5) is 10.4. The molecule has 11 heavy (non-hydrogen) atoms. The molecule has 4 nitrogen and oxygen atoms in total. The summed E-state index contributed by atoms with van der Waals surface area (Å²) in [6.07, 6.45) is 2.45. The van der Waals surface area contributed by atoms with Crippen molar-refractivity contribution >= 4 is 6.16 Å². The number of hydrogen-bond donors (Lipinski definition) is 0. The molecule has 1 fully saturated rings. The van der Waals surface area contributed by atoms with Gasteiger partial charge < -0.3 is 14.2 Å². The first-order chi connectivity index (χ1) is 5.33. The normalized spacial score (nSPS) is 23.4. The quantitative estimate of drug-likeness (QED) is 0.455. The van der Waals surface area contributed by atoms with Crippen molar-refractivity contribution in [3.05, 3.63) is 12.3 Å². The molecule has 0 unspecified atom stereocenters. The van der Waals surface area contributed by atoms with Gasteiger partial charge >= 0.3 is 6.16 Å². The van der Waals surface area contributed by atoms with Gasteiger partial charge in [0, 0.05) is 0 Å². The molecule has 4 heteroatoms. The van der Waals surface area contributed by atoms with E-state index in [4.69, 9.17) is 4.74 Å². The zero-order chi connectivity index (χ0) is 8.10. The fourth-order valence-electron chi connectivity index (χ4n) is 0.706. The van der Waals surface area contributed by atoms with Crippen LogP contribution in [0.3, 0.4) is 0 Å². The van der Waals surface area contributed by atoms with Crippen molar-refractivity contribution in [2.24, 2.45) is 0 Å². The number of carbonyl (C=O) groups is 1. The summed E-state index contributed by atoms with van der Waals surface area (Å²) in [6, 6.07) is 0. The minimum Gasteiger partial charge on any atom is -0.498 e. The number of ether oxygens (including phenoxy) is 3. The first-order valence-electron chi connectivity index (χ1n) is 3.39. The highest BCUT2D eigenvalue weighted by atomic mass is 16.8. The minimum absolute atomic E-state index is 0.251. The minimum atomic E-state index is -0.612. The Morgan fingerprint density at radius 3 is 3.18 bits per heavy atom. The molecule has 0 N–H and O–H groups in total. The molecule has 0 radical (unpaired) electrons. The Hall–Kier alpha value is -1.19. The molecule has 0 spiro atoms. The molecule has 1 heterocycles. The van der Waals surface area contributed by atoms with Crippen LogP contribution in [0.5, 0.6) is 0 Å². The third-order valence-corrected chi connectivity index (χ3v) is 1.16. The van der Waals surface area contributed by atoms with Crippen LogP contribution in [0.25, 0.3) is 0 Å². The molecule has 1 atom stereocenters. The summed E-state index contributed by atoms with van der Waals surface area (Å²) in [5, 5.41) is 0. The second-order valence-electron chi connectivity index (χ2n) is 2.10. The van der Waals surface area contributed by atoms with Crippen LogP contribution in [0.2, 0.25) is 0 Å². The van der Waals surface area contributed by atoms with Gasteiger partial charge in [-0.1, -0.05) is 6.08 Å². The summed E-state index contributed by atoms with van der Waals surface area (Å²) in [6.45, 7) is 2.49. The highest BCUT2D eigenvalue weighted by Gasteiger charge is 2.24. The van der Waals surface area contributed by atoms with Crippen LogP contribution in [0, 0.1) is 0 Å². The van der Waals surface area contributed by atoms with Crippen molar-refractivity contribution < 1.29 is 19.0 Å². The molecular weight excluding hydrogens is 148 g/mol. The van der Waals surface area contributed by atoms with Gasteiger partial charge in [0.15, 0.2) is 6.10 Å². The Bertz CT molecular complexity index is 164. The van der Waals surface area contributed by atoms with Crippen LogP contribution in [-0.4, -0.2) is 25.5 Å². The standard InChI is InChI=1S/C7H10O4/c1-2-3-9-4-6-5-10-7(8)11-6/h2-3,6H,4-5H2,1H3/b3-2-/t6-/m0/s1. The van der Waals surface area contributed by atoms with Gasteiger partial charge in [-0.3, -0.25) is 0 Å². The Labute approximate surface area is 64.7 Å². The van der Waals surface area contributed by atoms with Crippen molar-refractivity contribution in [1.82, 2.24) is 0 Å². The van der Waals surface area contributed by atoms with Gasteiger partial charge in [-0.05, 0) is 6.92 Å². The molecule has 0 bridgehead atoms. The van der Waals surface area contributed by atoms with Crippen molar-refractivity contribution in [2.45, 2.75) is 13.0 Å². The predicted octanol–water partition coefficient (Wildman–Crippen LogP) is 1.07. The van der Waals surface area contributed by atoms with Gasteiger partial charge in [0.25, 0.3) is 0 Å². The smallest absolute Gasteiger partial charge is 0.498 e. The van der Waals surface area contributed by atoms with Crippen molar-refractivity contribution in [1.29, 1.82) is 0 Å². The molecule has 0 saturated carbocycles. The molecule has 0 aromatic rings. The largest absolute Gasteiger partial charge is 0.508 e. The lowest BCUT2D eigenvalue weighted by Gasteiger charge is -2.03. The van der Waals surface area contributed by atoms with Gasteiger partial charge in [-0.25, -0.2) is 4.79 Å². The van der Waals surface area contributed by atoms with Crippen LogP contribution < -0.4 is 0 Å². The van der Waals surface area contributed by atoms with Crippen molar-refractivity contribution in [2.75, 3.05) is 13.2 Å². The van der Waals surface area contributed by atoms with E-state index >= 15 is 0 Å². The molecule has 1 aliphatic rings. The zero-order valence-electron chi connectivity index (χ0n) is 6.28. The summed E-state index contributed by atoms with van der Waals surface area (Å²) in [7, 11) is 0. The summed E-state index contributed by atoms with van der Waals surface area (Å²) < 4.78 is 14.2. The third-order valence-electron chi connectivity index (χ3n) is 1.16. The van der Waals surface area contributed by atoms with E-state index in [1.807, 2.05) is 6.92 Å². The lowest BCUT2D eigenvalue weighted by Crippen LogP contribution is -2.16. The number of rotatable bonds is 3. The summed E-state index contributed by atoms with van der Waals surface area (Å²) >= 11 is 0. The van der Waals surface area contributed by atoms with Crippen molar-refractivity contribution in [3.8, 4) is 0 Å². The zero-order valence-corrected chi connectivity index (χ0v) is 6.28. The van der Waals surface area contributed by atoms with Crippen molar-refractivity contribution in [3.63, 3.8) is 0 Å². The van der Waals surface area contributed by atoms with Gasteiger partial charge in [0.1, 0.15) is 13.2 Å². The maximum Gasteiger partial charge on any atom is 0.508 e. The molecule has 62 valence electrons. The monoisotopic (exact) mass is 158 g/mol. The Morgan fingerprint density at radius 2 is 2.64 bits per heavy atom. The molecular formula is C7H10O4. The van der Waals surface area contributed by atoms with Gasteiger partial charge in [0.05, 0.1) is 6.26 Å². The number of cyclic esters (lactones) is 2. The first-order valence-corrected chi connectivity index (χ1v) is 3.39. The maximum absolute atomic E-state index is 10.4. The Kier molecular flexibility index (Phi) is 2.77. The lowest BCUT2D eigenvalue weighted by molar-refractivity contribution is 0.0852. The van der Waals surface area contributed by atoms with E-state index in [0.717, 1.165) is 0 Å². The summed E-state index contributed by atoms with van der Waals surface area (Å²) in [5.41, 5.74) is 0. The second-order valence-corrected chi connectivity index (χ2v) is 2.10. The lowest BCUT2D eigenvalue weighted by atomic mass is 10.4. The van der Waals surface area contributed by atoms with E-state index in [2.05, 4.69) is 9.47 Å². The van der Waals surface area contributed by atoms with Crippen LogP contribution in [0.15, 0.2) is 12.3 Å². The topological polar surface area (TPSA) is 44.8 Å². The number of hydrogen-bond acceptors (Lipinski definition) is 4. The van der Waals surface area contributed by atoms with E-state index < -0.39 is 6.16 Å². The Balaban J connectivity index is 2.13. The van der Waals surface area contributed by atoms with E-state index in [9.17, 15) is 4.79 Å². The second kappa shape index (κ2) is 3.85. The SMILES string of the molecule is C/C=C\OC[C@H]1COC(=O)O1. The van der Waals surface area contributed by atoms with E-state index in [0.29, 0.717) is 6.61 Å². The summed E-state index contributed by atoms with van der Waals surface area (Å²) in [5.74, 6) is 0.